The third kappa shape index (κ3) is 5.60. The van der Waals surface area contributed by atoms with Gasteiger partial charge in [-0.25, -0.2) is 9.59 Å². The molecule has 1 fully saturated rings. The molecular formula is C23H26N2O4. The summed E-state index contributed by atoms with van der Waals surface area (Å²) in [6.07, 6.45) is 1.47. The largest absolute Gasteiger partial charge is 0.480 e. The van der Waals surface area contributed by atoms with Gasteiger partial charge in [-0.15, -0.1) is 0 Å². The van der Waals surface area contributed by atoms with Gasteiger partial charge in [-0.2, -0.15) is 0 Å². The van der Waals surface area contributed by atoms with Crippen LogP contribution < -0.4 is 5.32 Å². The minimum atomic E-state index is -0.953. The highest BCUT2D eigenvalue weighted by atomic mass is 16.6. The van der Waals surface area contributed by atoms with E-state index in [1.54, 1.807) is 4.90 Å². The molecule has 2 aromatic carbocycles. The van der Waals surface area contributed by atoms with Crippen LogP contribution >= 0.6 is 0 Å². The maximum atomic E-state index is 12.6. The van der Waals surface area contributed by atoms with Gasteiger partial charge in [0.05, 0.1) is 6.04 Å². The molecule has 1 saturated heterocycles. The molecule has 0 bridgehead atoms. The van der Waals surface area contributed by atoms with E-state index in [0.717, 1.165) is 24.0 Å². The first-order chi connectivity index (χ1) is 14.0. The molecule has 1 aliphatic rings. The number of carbonyl (C=O) groups excluding carboxylic acids is 1. The molecule has 0 unspecified atom stereocenters. The number of aliphatic carboxylic acids is 1. The number of rotatable bonds is 8. The van der Waals surface area contributed by atoms with Crippen LogP contribution in [0.4, 0.5) is 4.79 Å². The average molecular weight is 394 g/mol. The molecule has 0 spiro atoms. The van der Waals surface area contributed by atoms with Crippen molar-refractivity contribution >= 4 is 12.1 Å². The standard InChI is InChI=1S/C23H26N2O4/c1-17(24-20(22(26)27)15-18-9-4-2-5-10-18)21-13-8-14-25(21)23(28)29-16-19-11-6-3-7-12-19/h2-7,9-12,20-21,24H,1,8,13-16H2,(H,26,27)/t20-,21-/m1/s1. The van der Waals surface area contributed by atoms with E-state index >= 15 is 0 Å². The van der Waals surface area contributed by atoms with Crippen LogP contribution in [0.15, 0.2) is 72.9 Å². The maximum Gasteiger partial charge on any atom is 0.410 e. The zero-order valence-corrected chi connectivity index (χ0v) is 16.3. The van der Waals surface area contributed by atoms with E-state index in [-0.39, 0.29) is 12.6 Å². The minimum absolute atomic E-state index is 0.203. The van der Waals surface area contributed by atoms with Crippen molar-refractivity contribution in [1.29, 1.82) is 0 Å². The molecule has 2 atom stereocenters. The number of nitrogens with zero attached hydrogens (tertiary/aromatic N) is 1. The molecular weight excluding hydrogens is 368 g/mol. The smallest absolute Gasteiger partial charge is 0.410 e. The van der Waals surface area contributed by atoms with E-state index in [1.807, 2.05) is 60.7 Å². The molecule has 2 N–H and O–H groups in total. The Kier molecular flexibility index (Phi) is 6.89. The number of ether oxygens (including phenoxy) is 1. The first kappa shape index (κ1) is 20.5. The highest BCUT2D eigenvalue weighted by molar-refractivity contribution is 5.74. The van der Waals surface area contributed by atoms with Crippen molar-refractivity contribution in [1.82, 2.24) is 10.2 Å². The van der Waals surface area contributed by atoms with Gasteiger partial charge in [0.15, 0.2) is 0 Å². The molecule has 1 aliphatic heterocycles. The van der Waals surface area contributed by atoms with Gasteiger partial charge in [-0.1, -0.05) is 67.2 Å². The van der Waals surface area contributed by atoms with Crippen LogP contribution in [0.5, 0.6) is 0 Å². The van der Waals surface area contributed by atoms with E-state index in [0.29, 0.717) is 18.7 Å². The molecule has 2 aromatic rings. The highest BCUT2D eigenvalue weighted by Crippen LogP contribution is 2.23. The molecule has 0 aliphatic carbocycles. The predicted molar refractivity (Wildman–Crippen MR) is 110 cm³/mol. The van der Waals surface area contributed by atoms with Crippen molar-refractivity contribution in [3.63, 3.8) is 0 Å². The van der Waals surface area contributed by atoms with Crippen LogP contribution in [0.25, 0.3) is 0 Å². The number of hydrogen-bond acceptors (Lipinski definition) is 4. The molecule has 6 heteroatoms. The van der Waals surface area contributed by atoms with E-state index in [9.17, 15) is 14.7 Å². The van der Waals surface area contributed by atoms with Crippen LogP contribution in [0.3, 0.4) is 0 Å². The van der Waals surface area contributed by atoms with Crippen LogP contribution in [0, 0.1) is 0 Å². The summed E-state index contributed by atoms with van der Waals surface area (Å²) >= 11 is 0. The SMILES string of the molecule is C=C(N[C@H](Cc1ccccc1)C(=O)O)[C@H]1CCCN1C(=O)OCc1ccccc1. The van der Waals surface area contributed by atoms with Gasteiger partial charge in [0.1, 0.15) is 12.6 Å². The molecule has 0 saturated carbocycles. The fourth-order valence-corrected chi connectivity index (χ4v) is 3.52. The van der Waals surface area contributed by atoms with Crippen molar-refractivity contribution in [3.8, 4) is 0 Å². The second-order valence-corrected chi connectivity index (χ2v) is 7.14. The topological polar surface area (TPSA) is 78.9 Å². The van der Waals surface area contributed by atoms with Crippen molar-refractivity contribution in [2.24, 2.45) is 0 Å². The summed E-state index contributed by atoms with van der Waals surface area (Å²) in [6.45, 7) is 4.80. The Bertz CT molecular complexity index is 838. The van der Waals surface area contributed by atoms with Crippen molar-refractivity contribution < 1.29 is 19.4 Å². The van der Waals surface area contributed by atoms with Crippen LogP contribution in [-0.2, 0) is 22.6 Å². The highest BCUT2D eigenvalue weighted by Gasteiger charge is 2.33. The molecule has 0 radical (unpaired) electrons. The van der Waals surface area contributed by atoms with Crippen LogP contribution in [0.1, 0.15) is 24.0 Å². The summed E-state index contributed by atoms with van der Waals surface area (Å²) in [6, 6.07) is 17.8. The Labute approximate surface area is 170 Å². The second-order valence-electron chi connectivity index (χ2n) is 7.14. The van der Waals surface area contributed by atoms with Gasteiger partial charge in [-0.3, -0.25) is 4.90 Å². The number of hydrogen-bond donors (Lipinski definition) is 2. The van der Waals surface area contributed by atoms with Gasteiger partial charge in [0, 0.05) is 18.7 Å². The monoisotopic (exact) mass is 394 g/mol. The van der Waals surface area contributed by atoms with Gasteiger partial charge < -0.3 is 15.2 Å². The molecule has 152 valence electrons. The lowest BCUT2D eigenvalue weighted by Crippen LogP contribution is -2.45. The number of likely N-dealkylation sites (tertiary alicyclic amines) is 1. The van der Waals surface area contributed by atoms with E-state index < -0.39 is 18.1 Å². The van der Waals surface area contributed by atoms with Crippen LogP contribution in [-0.4, -0.2) is 40.7 Å². The fourth-order valence-electron chi connectivity index (χ4n) is 3.52. The van der Waals surface area contributed by atoms with E-state index in [4.69, 9.17) is 4.74 Å². The quantitative estimate of drug-likeness (QED) is 0.715. The summed E-state index contributed by atoms with van der Waals surface area (Å²) in [5.74, 6) is -0.953. The van der Waals surface area contributed by atoms with E-state index in [1.165, 1.54) is 0 Å². The first-order valence-electron chi connectivity index (χ1n) is 9.74. The fraction of sp³-hybridized carbons (Fsp3) is 0.304. The van der Waals surface area contributed by atoms with Gasteiger partial charge in [-0.05, 0) is 24.0 Å². The first-order valence-corrected chi connectivity index (χ1v) is 9.74. The Morgan fingerprint density at radius 2 is 1.72 bits per heavy atom. The number of carboxylic acid groups (broad SMARTS) is 1. The zero-order chi connectivity index (χ0) is 20.6. The number of amides is 1. The lowest BCUT2D eigenvalue weighted by Gasteiger charge is -2.28. The number of carbonyl (C=O) groups is 2. The van der Waals surface area contributed by atoms with Gasteiger partial charge in [0.25, 0.3) is 0 Å². The summed E-state index contributed by atoms with van der Waals surface area (Å²) in [5, 5.41) is 12.6. The predicted octanol–water partition coefficient (Wildman–Crippen LogP) is 3.59. The number of carboxylic acids is 1. The summed E-state index contributed by atoms with van der Waals surface area (Å²) in [5.41, 5.74) is 2.37. The Morgan fingerprint density at radius 1 is 1.10 bits per heavy atom. The van der Waals surface area contributed by atoms with Gasteiger partial charge >= 0.3 is 12.1 Å². The minimum Gasteiger partial charge on any atom is -0.480 e. The summed E-state index contributed by atoms with van der Waals surface area (Å²) in [7, 11) is 0. The molecule has 3 rings (SSSR count). The van der Waals surface area contributed by atoms with Crippen LogP contribution in [0.2, 0.25) is 0 Å². The molecule has 1 amide bonds. The van der Waals surface area contributed by atoms with Gasteiger partial charge in [0.2, 0.25) is 0 Å². The van der Waals surface area contributed by atoms with Crippen molar-refractivity contribution in [2.45, 2.75) is 38.0 Å². The third-order valence-corrected chi connectivity index (χ3v) is 5.04. The third-order valence-electron chi connectivity index (χ3n) is 5.04. The molecule has 6 nitrogen and oxygen atoms in total. The average Bonchev–Trinajstić information content (AvgIpc) is 3.23. The summed E-state index contributed by atoms with van der Waals surface area (Å²) < 4.78 is 5.44. The molecule has 29 heavy (non-hydrogen) atoms. The number of nitrogens with one attached hydrogen (secondary N) is 1. The molecule has 1 heterocycles. The zero-order valence-electron chi connectivity index (χ0n) is 16.3. The normalized spacial score (nSPS) is 16.8. The Balaban J connectivity index is 1.59. The Hall–Kier alpha value is -3.28. The van der Waals surface area contributed by atoms with E-state index in [2.05, 4.69) is 11.9 Å². The lowest BCUT2D eigenvalue weighted by atomic mass is 10.0. The van der Waals surface area contributed by atoms with Crippen molar-refractivity contribution in [3.05, 3.63) is 84.1 Å². The molecule has 0 aromatic heterocycles. The lowest BCUT2D eigenvalue weighted by molar-refractivity contribution is -0.139. The Morgan fingerprint density at radius 3 is 2.34 bits per heavy atom. The summed E-state index contributed by atoms with van der Waals surface area (Å²) in [4.78, 5) is 25.9. The van der Waals surface area contributed by atoms with Crippen molar-refractivity contribution in [2.75, 3.05) is 6.54 Å². The number of benzene rings is 2. The maximum absolute atomic E-state index is 12.6. The second kappa shape index (κ2) is 9.78.